The van der Waals surface area contributed by atoms with Crippen LogP contribution >= 0.6 is 0 Å². The van der Waals surface area contributed by atoms with Crippen LogP contribution < -0.4 is 5.46 Å². The van der Waals surface area contributed by atoms with E-state index in [1.807, 2.05) is 0 Å². The van der Waals surface area contributed by atoms with Gasteiger partial charge in [-0.15, -0.1) is 0 Å². The summed E-state index contributed by atoms with van der Waals surface area (Å²) in [7, 11) is 6.59. The van der Waals surface area contributed by atoms with E-state index >= 15 is 0 Å². The lowest BCUT2D eigenvalue weighted by Gasteiger charge is -1.99. The van der Waals surface area contributed by atoms with E-state index in [-0.39, 0.29) is 11.0 Å². The molecule has 0 unspecified atom stereocenters. The van der Waals surface area contributed by atoms with Crippen molar-refractivity contribution in [3.05, 3.63) is 29.3 Å². The van der Waals surface area contributed by atoms with Gasteiger partial charge in [0, 0.05) is 5.56 Å². The van der Waals surface area contributed by atoms with Crippen LogP contribution in [0, 0.1) is 11.6 Å². The highest BCUT2D eigenvalue weighted by atomic mass is 19.2. The van der Waals surface area contributed by atoms with E-state index in [0.717, 1.165) is 12.3 Å². The third-order valence-electron chi connectivity index (χ3n) is 1.38. The summed E-state index contributed by atoms with van der Waals surface area (Å²) in [6.07, 6.45) is 1.05. The van der Waals surface area contributed by atoms with Crippen LogP contribution in [0.2, 0.25) is 0 Å². The second-order valence-corrected chi connectivity index (χ2v) is 2.32. The fraction of sp³-hybridized carbons (Fsp3) is 0.125. The van der Waals surface area contributed by atoms with Gasteiger partial charge in [-0.3, -0.25) is 0 Å². The van der Waals surface area contributed by atoms with Gasteiger partial charge in [0.05, 0.1) is 6.21 Å². The molecule has 2 nitrogen and oxygen atoms in total. The molecule has 0 heterocycles. The van der Waals surface area contributed by atoms with Crippen LogP contribution in [0.25, 0.3) is 0 Å². The van der Waals surface area contributed by atoms with Gasteiger partial charge in [0.2, 0.25) is 0 Å². The molecule has 1 rings (SSSR count). The summed E-state index contributed by atoms with van der Waals surface area (Å²) < 4.78 is 25.6. The Kier molecular flexibility index (Phi) is 3.00. The summed E-state index contributed by atoms with van der Waals surface area (Å²) in [5.41, 5.74) is 0.0933. The normalized spacial score (nSPS) is 10.7. The van der Waals surface area contributed by atoms with Gasteiger partial charge in [0.25, 0.3) is 0 Å². The minimum absolute atomic E-state index is 0.0423. The number of rotatable bonds is 2. The molecule has 0 bridgehead atoms. The molecule has 0 atom stereocenters. The molecule has 2 radical (unpaired) electrons. The molecule has 0 amide bonds. The Morgan fingerprint density at radius 2 is 2.15 bits per heavy atom. The zero-order valence-corrected chi connectivity index (χ0v) is 6.92. The Morgan fingerprint density at radius 3 is 2.77 bits per heavy atom. The van der Waals surface area contributed by atoms with Crippen molar-refractivity contribution < 1.29 is 13.6 Å². The van der Waals surface area contributed by atoms with Gasteiger partial charge in [-0.25, -0.2) is 8.78 Å². The highest BCUT2D eigenvalue weighted by Gasteiger charge is 2.06. The Labute approximate surface area is 75.6 Å². The maximum absolute atomic E-state index is 12.9. The first kappa shape index (κ1) is 9.70. The predicted molar refractivity (Wildman–Crippen MR) is 46.3 cm³/mol. The first-order chi connectivity index (χ1) is 6.15. The molecule has 13 heavy (non-hydrogen) atoms. The number of halogens is 2. The molecule has 1 aromatic carbocycles. The zero-order valence-electron chi connectivity index (χ0n) is 6.92. The van der Waals surface area contributed by atoms with E-state index < -0.39 is 11.6 Å². The molecule has 0 spiro atoms. The van der Waals surface area contributed by atoms with Crippen LogP contribution in [0.15, 0.2) is 17.3 Å². The van der Waals surface area contributed by atoms with Gasteiger partial charge in [-0.1, -0.05) is 16.7 Å². The number of hydrogen-bond donors (Lipinski definition) is 0. The maximum atomic E-state index is 12.9. The number of oxime groups is 1. The van der Waals surface area contributed by atoms with Gasteiger partial charge in [-0.2, -0.15) is 0 Å². The molecule has 0 aliphatic carbocycles. The average Bonchev–Trinajstić information content (AvgIpc) is 2.09. The van der Waals surface area contributed by atoms with Crippen LogP contribution in [0.5, 0.6) is 0 Å². The summed E-state index contributed by atoms with van der Waals surface area (Å²) in [4.78, 5) is 4.32. The first-order valence-electron chi connectivity index (χ1n) is 3.46. The molecule has 0 aliphatic rings. The molecular weight excluding hydrogens is 175 g/mol. The molecule has 1 aromatic rings. The lowest BCUT2D eigenvalue weighted by Crippen LogP contribution is -2.08. The molecule has 5 heteroatoms. The SMILES string of the molecule is [B]c1cc(F)c(F)c(/C=N/OC)c1. The standard InChI is InChI=1S/C8H6BF2NO/c1-13-12-4-5-2-6(9)3-7(10)8(5)11/h2-4H,1H3/b12-4+. The molecule has 0 N–H and O–H groups in total. The zero-order chi connectivity index (χ0) is 9.84. The second-order valence-electron chi connectivity index (χ2n) is 2.32. The fourth-order valence-electron chi connectivity index (χ4n) is 0.836. The number of benzene rings is 1. The van der Waals surface area contributed by atoms with Crippen molar-refractivity contribution in [2.45, 2.75) is 0 Å². The smallest absolute Gasteiger partial charge is 0.167 e. The molecular formula is C8H6BF2NO. The van der Waals surface area contributed by atoms with Crippen molar-refractivity contribution in [3.63, 3.8) is 0 Å². The Bertz CT molecular complexity index is 341. The summed E-state index contributed by atoms with van der Waals surface area (Å²) in [5.74, 6) is -1.99. The van der Waals surface area contributed by atoms with Crippen molar-refractivity contribution in [2.75, 3.05) is 7.11 Å². The monoisotopic (exact) mass is 181 g/mol. The number of nitrogens with zero attached hydrogens (tertiary/aromatic N) is 1. The van der Waals surface area contributed by atoms with E-state index in [9.17, 15) is 8.78 Å². The molecule has 0 aliphatic heterocycles. The van der Waals surface area contributed by atoms with Crippen LogP contribution in [0.1, 0.15) is 5.56 Å². The predicted octanol–water partition coefficient (Wildman–Crippen LogP) is 0.739. The van der Waals surface area contributed by atoms with Crippen molar-refractivity contribution >= 4 is 19.5 Å². The summed E-state index contributed by atoms with van der Waals surface area (Å²) in [6, 6.07) is 2.17. The molecule has 66 valence electrons. The van der Waals surface area contributed by atoms with Crippen LogP contribution in [0.4, 0.5) is 8.78 Å². The first-order valence-corrected chi connectivity index (χ1v) is 3.46. The fourth-order valence-corrected chi connectivity index (χ4v) is 0.836. The Hall–Kier alpha value is -1.39. The highest BCUT2D eigenvalue weighted by Crippen LogP contribution is 2.07. The van der Waals surface area contributed by atoms with Gasteiger partial charge >= 0.3 is 0 Å². The van der Waals surface area contributed by atoms with Crippen molar-refractivity contribution in [2.24, 2.45) is 5.16 Å². The van der Waals surface area contributed by atoms with E-state index in [0.29, 0.717) is 0 Å². The molecule has 0 saturated heterocycles. The lowest BCUT2D eigenvalue weighted by atomic mass is 9.94. The summed E-state index contributed by atoms with van der Waals surface area (Å²) in [6.45, 7) is 0. The quantitative estimate of drug-likeness (QED) is 0.374. The highest BCUT2D eigenvalue weighted by molar-refractivity contribution is 6.32. The summed E-state index contributed by atoms with van der Waals surface area (Å²) in [5, 5.41) is 3.30. The van der Waals surface area contributed by atoms with E-state index in [1.165, 1.54) is 13.2 Å². The van der Waals surface area contributed by atoms with Crippen molar-refractivity contribution in [1.82, 2.24) is 0 Å². The van der Waals surface area contributed by atoms with E-state index in [4.69, 9.17) is 7.85 Å². The van der Waals surface area contributed by atoms with Crippen LogP contribution in [-0.4, -0.2) is 21.2 Å². The Morgan fingerprint density at radius 1 is 1.46 bits per heavy atom. The molecule has 0 aromatic heterocycles. The summed E-state index contributed by atoms with van der Waals surface area (Å²) >= 11 is 0. The largest absolute Gasteiger partial charge is 0.399 e. The second kappa shape index (κ2) is 4.02. The molecule has 0 saturated carbocycles. The van der Waals surface area contributed by atoms with Crippen LogP contribution in [0.3, 0.4) is 0 Å². The third-order valence-corrected chi connectivity index (χ3v) is 1.38. The van der Waals surface area contributed by atoms with Gasteiger partial charge in [0.15, 0.2) is 11.6 Å². The van der Waals surface area contributed by atoms with E-state index in [1.54, 1.807) is 0 Å². The van der Waals surface area contributed by atoms with Gasteiger partial charge in [0.1, 0.15) is 15.0 Å². The average molecular weight is 181 g/mol. The topological polar surface area (TPSA) is 21.6 Å². The van der Waals surface area contributed by atoms with Crippen molar-refractivity contribution in [1.29, 1.82) is 0 Å². The van der Waals surface area contributed by atoms with Gasteiger partial charge in [-0.05, 0) is 6.07 Å². The number of hydrogen-bond acceptors (Lipinski definition) is 2. The minimum atomic E-state index is -1.00. The van der Waals surface area contributed by atoms with Gasteiger partial charge < -0.3 is 4.84 Å². The third kappa shape index (κ3) is 2.27. The maximum Gasteiger partial charge on any atom is 0.167 e. The van der Waals surface area contributed by atoms with E-state index in [2.05, 4.69) is 9.99 Å². The van der Waals surface area contributed by atoms with Crippen molar-refractivity contribution in [3.8, 4) is 0 Å². The minimum Gasteiger partial charge on any atom is -0.399 e. The lowest BCUT2D eigenvalue weighted by molar-refractivity contribution is 0.215. The molecule has 0 fully saturated rings. The van der Waals surface area contributed by atoms with Crippen LogP contribution in [-0.2, 0) is 4.84 Å². The Balaban J connectivity index is 3.12.